The van der Waals surface area contributed by atoms with Gasteiger partial charge in [0.1, 0.15) is 0 Å². The molecule has 0 spiro atoms. The van der Waals surface area contributed by atoms with Gasteiger partial charge in [-0.05, 0) is 0 Å². The summed E-state index contributed by atoms with van der Waals surface area (Å²) < 4.78 is 0. The third-order valence-corrected chi connectivity index (χ3v) is 0. The molecule has 0 amide bonds. The van der Waals surface area contributed by atoms with Crippen LogP contribution in [-0.4, -0.2) is 23.1 Å². The average molecular weight is 314 g/mol. The average Bonchev–Trinajstić information content (AvgIpc) is 2.33. The maximum absolute atomic E-state index is 6.25. The first-order valence-corrected chi connectivity index (χ1v) is 1.34. The minimum absolute atomic E-state index is 0. The van der Waals surface area contributed by atoms with E-state index in [9.17, 15) is 0 Å². The van der Waals surface area contributed by atoms with Crippen molar-refractivity contribution >= 4 is 23.1 Å². The Morgan fingerprint density at radius 2 is 0.375 bits per heavy atom. The monoisotopic (exact) mass is 314 g/mol. The van der Waals surface area contributed by atoms with Crippen molar-refractivity contribution in [1.82, 2.24) is 0 Å². The van der Waals surface area contributed by atoms with Crippen LogP contribution in [0.25, 0.3) is 0 Å². The molecular formula is C6FeK2MgN6. The van der Waals surface area contributed by atoms with E-state index < -0.39 is 0 Å². The molecule has 0 saturated carbocycles. The van der Waals surface area contributed by atoms with E-state index >= 15 is 0 Å². The number of hydrogen-bond donors (Lipinski definition) is 0. The summed E-state index contributed by atoms with van der Waals surface area (Å²) in [6.07, 6.45) is 0. The van der Waals surface area contributed by atoms with Gasteiger partial charge in [0, 0.05) is 0 Å². The predicted octanol–water partition coefficient (Wildman–Crippen LogP) is -5.80. The summed E-state index contributed by atoms with van der Waals surface area (Å²) >= 11 is 0. The van der Waals surface area contributed by atoms with Crippen LogP contribution in [0.2, 0.25) is 0 Å². The van der Waals surface area contributed by atoms with Crippen LogP contribution in [0.5, 0.6) is 0 Å². The Morgan fingerprint density at radius 3 is 0.375 bits per heavy atom. The van der Waals surface area contributed by atoms with E-state index in [-0.39, 0.29) is 143 Å². The summed E-state index contributed by atoms with van der Waals surface area (Å²) in [5, 5.41) is 37.5. The first-order chi connectivity index (χ1) is 6.00. The molecule has 0 aliphatic heterocycles. The van der Waals surface area contributed by atoms with Crippen molar-refractivity contribution in [3.8, 4) is 0 Å². The van der Waals surface area contributed by atoms with Gasteiger partial charge in [0.25, 0.3) is 0 Å². The third-order valence-electron chi connectivity index (χ3n) is 0. The maximum Gasteiger partial charge on any atom is 2.00 e. The SMILES string of the molecule is [C-]#N.[C-]#N.[C-]#N.[C-]#N.[C-]#N.[C-]#N.[Fe+2].[K+].[K+].[Mg+2]. The summed E-state index contributed by atoms with van der Waals surface area (Å²) in [6.45, 7) is 28.5. The zero-order chi connectivity index (χ0) is 12.0. The molecular weight excluding hydrogens is 314 g/mol. The Kier molecular flexibility index (Phi) is 9340. The van der Waals surface area contributed by atoms with E-state index in [0.29, 0.717) is 0 Å². The standard InChI is InChI=1S/6CN.Fe.2K.Mg/c6*1-2;;;;/q6*-1;+2;2*+1;+2. The van der Waals surface area contributed by atoms with Crippen molar-refractivity contribution in [2.24, 2.45) is 0 Å². The van der Waals surface area contributed by atoms with Gasteiger partial charge < -0.3 is 71.0 Å². The van der Waals surface area contributed by atoms with Crippen molar-refractivity contribution in [2.45, 2.75) is 0 Å². The largest absolute Gasteiger partial charge is 2.00 e. The first kappa shape index (κ1) is 84.7. The molecule has 66 valence electrons. The Hall–Kier alpha value is 1.50. The Balaban J connectivity index is -0.00000000321. The van der Waals surface area contributed by atoms with Gasteiger partial charge in [0.05, 0.1) is 0 Å². The number of nitrogens with zero attached hydrogens (tertiary/aromatic N) is 6. The summed E-state index contributed by atoms with van der Waals surface area (Å²) in [4.78, 5) is 0. The fourth-order valence-electron chi connectivity index (χ4n) is 0. The molecule has 0 atom stereocenters. The van der Waals surface area contributed by atoms with Gasteiger partial charge in [0.15, 0.2) is 0 Å². The minimum atomic E-state index is 0. The van der Waals surface area contributed by atoms with Gasteiger partial charge in [-0.15, -0.1) is 0 Å². The van der Waals surface area contributed by atoms with Gasteiger partial charge >= 0.3 is 143 Å². The molecule has 0 unspecified atom stereocenters. The molecule has 0 aromatic carbocycles. The van der Waals surface area contributed by atoms with Crippen LogP contribution in [0.4, 0.5) is 0 Å². The molecule has 0 aliphatic carbocycles. The van der Waals surface area contributed by atoms with Gasteiger partial charge in [-0.3, -0.25) is 0 Å². The third kappa shape index (κ3) is 1450. The minimum Gasteiger partial charge on any atom is -0.512 e. The van der Waals surface area contributed by atoms with Crippen molar-refractivity contribution in [3.05, 3.63) is 39.4 Å². The summed E-state index contributed by atoms with van der Waals surface area (Å²) in [7, 11) is 0. The number of hydrogen-bond acceptors (Lipinski definition) is 6. The fourth-order valence-corrected chi connectivity index (χ4v) is 0. The summed E-state index contributed by atoms with van der Waals surface area (Å²) in [5.74, 6) is 0. The maximum atomic E-state index is 6.25. The molecule has 0 bridgehead atoms. The number of rotatable bonds is 0. The molecule has 0 saturated heterocycles. The zero-order valence-electron chi connectivity index (χ0n) is 8.74. The van der Waals surface area contributed by atoms with Crippen molar-refractivity contribution in [2.75, 3.05) is 0 Å². The second-order valence-corrected chi connectivity index (χ2v) is 0. The summed E-state index contributed by atoms with van der Waals surface area (Å²) in [6, 6.07) is 0. The van der Waals surface area contributed by atoms with Gasteiger partial charge in [-0.25, -0.2) is 0 Å². The van der Waals surface area contributed by atoms with Gasteiger partial charge in [0.2, 0.25) is 0 Å². The second-order valence-electron chi connectivity index (χ2n) is 0. The van der Waals surface area contributed by atoms with Crippen LogP contribution in [0.1, 0.15) is 0 Å². The molecule has 6 nitrogen and oxygen atoms in total. The molecule has 0 fully saturated rings. The van der Waals surface area contributed by atoms with Crippen molar-refractivity contribution in [3.63, 3.8) is 0 Å². The smallest absolute Gasteiger partial charge is 0.512 e. The van der Waals surface area contributed by atoms with E-state index in [4.69, 9.17) is 71.0 Å². The second kappa shape index (κ2) is 1760. The van der Waals surface area contributed by atoms with Crippen LogP contribution in [0.15, 0.2) is 0 Å². The first-order valence-electron chi connectivity index (χ1n) is 1.34. The van der Waals surface area contributed by atoms with E-state index in [1.54, 1.807) is 0 Å². The van der Waals surface area contributed by atoms with Crippen LogP contribution in [0, 0.1) is 71.0 Å². The molecule has 0 aromatic rings. The topological polar surface area (TPSA) is 143 Å². The zero-order valence-corrected chi connectivity index (χ0v) is 17.5. The van der Waals surface area contributed by atoms with Crippen LogP contribution < -0.4 is 103 Å². The van der Waals surface area contributed by atoms with Gasteiger partial charge in [-0.1, -0.05) is 0 Å². The molecule has 0 radical (unpaired) electrons. The molecule has 16 heavy (non-hydrogen) atoms. The fraction of sp³-hybridized carbons (Fsp3) is 0. The van der Waals surface area contributed by atoms with Crippen LogP contribution in [-0.2, 0) is 17.1 Å². The van der Waals surface area contributed by atoms with E-state index in [0.717, 1.165) is 0 Å². The molecule has 0 aliphatic rings. The quantitative estimate of drug-likeness (QED) is 0.322. The Labute approximate surface area is 209 Å². The van der Waals surface area contributed by atoms with Crippen LogP contribution >= 0.6 is 0 Å². The molecule has 0 aromatic heterocycles. The molecule has 0 rings (SSSR count). The predicted molar refractivity (Wildman–Crippen MR) is 35.6 cm³/mol. The van der Waals surface area contributed by atoms with E-state index in [1.165, 1.54) is 0 Å². The van der Waals surface area contributed by atoms with E-state index in [2.05, 4.69) is 0 Å². The Bertz CT molecular complexity index is 106. The summed E-state index contributed by atoms with van der Waals surface area (Å²) in [5.41, 5.74) is 0. The van der Waals surface area contributed by atoms with Crippen molar-refractivity contribution in [1.29, 1.82) is 31.6 Å². The molecule has 10 heteroatoms. The Morgan fingerprint density at radius 1 is 0.375 bits per heavy atom. The molecule has 0 heterocycles. The van der Waals surface area contributed by atoms with Crippen molar-refractivity contribution < 1.29 is 120 Å². The van der Waals surface area contributed by atoms with Crippen LogP contribution in [0.3, 0.4) is 0 Å². The van der Waals surface area contributed by atoms with E-state index in [1.807, 2.05) is 0 Å². The molecule has 0 N–H and O–H groups in total. The van der Waals surface area contributed by atoms with Gasteiger partial charge in [-0.2, -0.15) is 0 Å². The normalized spacial score (nSPS) is 0.750.